The highest BCUT2D eigenvalue weighted by atomic mass is 19.2. The molecule has 0 aliphatic carbocycles. The highest BCUT2D eigenvalue weighted by molar-refractivity contribution is 5.89. The molecule has 0 spiro atoms. The van der Waals surface area contributed by atoms with Crippen LogP contribution in [0, 0.1) is 11.6 Å². The van der Waals surface area contributed by atoms with E-state index in [0.29, 0.717) is 41.6 Å². The van der Waals surface area contributed by atoms with Gasteiger partial charge in [-0.2, -0.15) is 0 Å². The van der Waals surface area contributed by atoms with Gasteiger partial charge in [0, 0.05) is 37.3 Å². The molecule has 0 saturated heterocycles. The Bertz CT molecular complexity index is 1610. The van der Waals surface area contributed by atoms with Crippen LogP contribution in [0.25, 0.3) is 5.69 Å². The van der Waals surface area contributed by atoms with Crippen molar-refractivity contribution in [3.05, 3.63) is 106 Å². The third-order valence-corrected chi connectivity index (χ3v) is 6.61. The van der Waals surface area contributed by atoms with E-state index in [1.165, 1.54) is 15.5 Å². The minimum Gasteiger partial charge on any atom is -0.497 e. The van der Waals surface area contributed by atoms with Gasteiger partial charge in [0.1, 0.15) is 11.5 Å². The first-order chi connectivity index (χ1) is 19.4. The Morgan fingerprint density at radius 3 is 2.48 bits per heavy atom. The van der Waals surface area contributed by atoms with E-state index in [1.807, 2.05) is 24.3 Å². The molecule has 0 saturated carbocycles. The van der Waals surface area contributed by atoms with Crippen molar-refractivity contribution in [3.8, 4) is 17.2 Å². The molecular formula is C29H27F2N5O4. The summed E-state index contributed by atoms with van der Waals surface area (Å²) in [5.74, 6) is -0.419. The molecule has 1 aliphatic heterocycles. The van der Waals surface area contributed by atoms with Crippen LogP contribution in [-0.4, -0.2) is 41.2 Å². The van der Waals surface area contributed by atoms with Gasteiger partial charge in [-0.25, -0.2) is 23.1 Å². The van der Waals surface area contributed by atoms with E-state index in [-0.39, 0.29) is 24.3 Å². The third kappa shape index (κ3) is 5.58. The smallest absolute Gasteiger partial charge is 0.322 e. The summed E-state index contributed by atoms with van der Waals surface area (Å²) in [7, 11) is 3.14. The van der Waals surface area contributed by atoms with Crippen molar-refractivity contribution in [3.63, 3.8) is 0 Å². The molecule has 40 heavy (non-hydrogen) atoms. The normalized spacial score (nSPS) is 12.4. The molecule has 1 aromatic heterocycles. The summed E-state index contributed by atoms with van der Waals surface area (Å²) in [6.07, 6.45) is 0.339. The van der Waals surface area contributed by atoms with Gasteiger partial charge in [-0.05, 0) is 42.0 Å². The van der Waals surface area contributed by atoms with Crippen molar-refractivity contribution in [1.82, 2.24) is 14.5 Å². The lowest BCUT2D eigenvalue weighted by atomic mass is 10.1. The quantitative estimate of drug-likeness (QED) is 0.347. The molecule has 2 amide bonds. The highest BCUT2D eigenvalue weighted by Crippen LogP contribution is 2.23. The number of rotatable bonds is 7. The molecule has 3 aromatic carbocycles. The van der Waals surface area contributed by atoms with Crippen LogP contribution in [0.1, 0.15) is 16.8 Å². The van der Waals surface area contributed by atoms with Crippen molar-refractivity contribution in [2.24, 2.45) is 0 Å². The minimum atomic E-state index is -1.07. The molecule has 2 heterocycles. The average molecular weight is 548 g/mol. The average Bonchev–Trinajstić information content (AvgIpc) is 2.98. The van der Waals surface area contributed by atoms with Crippen LogP contribution < -0.4 is 25.7 Å². The largest absolute Gasteiger partial charge is 0.497 e. The fourth-order valence-electron chi connectivity index (χ4n) is 4.46. The van der Waals surface area contributed by atoms with E-state index in [4.69, 9.17) is 14.5 Å². The number of fused-ring (bicyclic) bond motifs is 1. The van der Waals surface area contributed by atoms with Gasteiger partial charge < -0.3 is 25.0 Å². The first-order valence-corrected chi connectivity index (χ1v) is 12.5. The van der Waals surface area contributed by atoms with Crippen LogP contribution in [0.2, 0.25) is 0 Å². The third-order valence-electron chi connectivity index (χ3n) is 6.61. The summed E-state index contributed by atoms with van der Waals surface area (Å²) in [5, 5.41) is 5.84. The second kappa shape index (κ2) is 11.4. The van der Waals surface area contributed by atoms with Crippen LogP contribution >= 0.6 is 0 Å². The van der Waals surface area contributed by atoms with Gasteiger partial charge in [0.15, 0.2) is 11.6 Å². The van der Waals surface area contributed by atoms with E-state index < -0.39 is 17.7 Å². The molecule has 9 nitrogen and oxygen atoms in total. The number of anilines is 2. The number of hydrogen-bond acceptors (Lipinski definition) is 6. The van der Waals surface area contributed by atoms with E-state index in [0.717, 1.165) is 23.4 Å². The molecule has 11 heteroatoms. The lowest BCUT2D eigenvalue weighted by Crippen LogP contribution is -2.43. The number of nitrogens with zero attached hydrogens (tertiary/aromatic N) is 3. The van der Waals surface area contributed by atoms with Crippen molar-refractivity contribution in [2.75, 3.05) is 31.4 Å². The van der Waals surface area contributed by atoms with Gasteiger partial charge in [-0.1, -0.05) is 18.2 Å². The SMILES string of the molecule is COc1ccc(CNc2nc3c(c(=O)n2-c2cccc(OC)c2)CN(C(=O)Nc2ccc(F)c(F)c2)CC3)cc1. The zero-order chi connectivity index (χ0) is 28.2. The molecule has 0 atom stereocenters. The van der Waals surface area contributed by atoms with Gasteiger partial charge in [0.2, 0.25) is 5.95 Å². The first-order valence-electron chi connectivity index (χ1n) is 12.5. The van der Waals surface area contributed by atoms with Gasteiger partial charge in [0.25, 0.3) is 5.56 Å². The number of amides is 2. The Balaban J connectivity index is 1.46. The van der Waals surface area contributed by atoms with Gasteiger partial charge in [0.05, 0.1) is 37.7 Å². The van der Waals surface area contributed by atoms with Crippen molar-refractivity contribution < 1.29 is 23.0 Å². The Morgan fingerprint density at radius 2 is 1.75 bits per heavy atom. The predicted octanol–water partition coefficient (Wildman–Crippen LogP) is 4.73. The van der Waals surface area contributed by atoms with Crippen molar-refractivity contribution >= 4 is 17.7 Å². The molecule has 4 aromatic rings. The summed E-state index contributed by atoms with van der Waals surface area (Å²) in [5.41, 5.74) is 2.23. The number of carbonyl (C=O) groups is 1. The molecular weight excluding hydrogens is 520 g/mol. The number of hydrogen-bond donors (Lipinski definition) is 2. The maximum atomic E-state index is 13.9. The lowest BCUT2D eigenvalue weighted by Gasteiger charge is -2.29. The summed E-state index contributed by atoms with van der Waals surface area (Å²) in [4.78, 5) is 33.1. The number of carbonyl (C=O) groups excluding carboxylic acids is 1. The highest BCUT2D eigenvalue weighted by Gasteiger charge is 2.27. The minimum absolute atomic E-state index is 0.000590. The molecule has 0 radical (unpaired) electrons. The monoisotopic (exact) mass is 547 g/mol. The summed E-state index contributed by atoms with van der Waals surface area (Å²) in [6, 6.07) is 17.2. The number of ether oxygens (including phenoxy) is 2. The van der Waals surface area contributed by atoms with Crippen LogP contribution in [0.15, 0.2) is 71.5 Å². The zero-order valence-corrected chi connectivity index (χ0v) is 21.9. The molecule has 1 aliphatic rings. The second-order valence-corrected chi connectivity index (χ2v) is 9.13. The number of halogens is 2. The number of benzene rings is 3. The van der Waals surface area contributed by atoms with Gasteiger partial charge in [-0.15, -0.1) is 0 Å². The molecule has 0 bridgehead atoms. The maximum absolute atomic E-state index is 13.9. The number of methoxy groups -OCH3 is 2. The van der Waals surface area contributed by atoms with Crippen molar-refractivity contribution in [2.45, 2.75) is 19.5 Å². The summed E-state index contributed by atoms with van der Waals surface area (Å²) in [6.45, 7) is 0.692. The Morgan fingerprint density at radius 1 is 0.975 bits per heavy atom. The number of aromatic nitrogens is 2. The Hall–Kier alpha value is -4.93. The molecule has 0 fully saturated rings. The van der Waals surface area contributed by atoms with Gasteiger partial charge in [-0.3, -0.25) is 4.79 Å². The molecule has 5 rings (SSSR count). The fraction of sp³-hybridized carbons (Fsp3) is 0.207. The Labute approximate surface area is 229 Å². The fourth-order valence-corrected chi connectivity index (χ4v) is 4.46. The van der Waals surface area contributed by atoms with E-state index in [9.17, 15) is 18.4 Å². The van der Waals surface area contributed by atoms with Crippen molar-refractivity contribution in [1.29, 1.82) is 0 Å². The second-order valence-electron chi connectivity index (χ2n) is 9.13. The lowest BCUT2D eigenvalue weighted by molar-refractivity contribution is 0.205. The number of urea groups is 1. The standard InChI is InChI=1S/C29H27F2N5O4/c1-39-21-9-6-18(7-10-21)16-32-28-34-26-12-13-35(29(38)33-19-8-11-24(30)25(31)14-19)17-23(26)27(37)36(28)20-4-3-5-22(15-20)40-2/h3-11,14-15H,12-13,16-17H2,1-2H3,(H,32,34)(H,33,38). The predicted molar refractivity (Wildman–Crippen MR) is 146 cm³/mol. The van der Waals surface area contributed by atoms with Crippen LogP contribution in [0.3, 0.4) is 0 Å². The number of nitrogens with one attached hydrogen (secondary N) is 2. The maximum Gasteiger partial charge on any atom is 0.322 e. The van der Waals surface area contributed by atoms with Crippen LogP contribution in [-0.2, 0) is 19.5 Å². The van der Waals surface area contributed by atoms with E-state index >= 15 is 0 Å². The van der Waals surface area contributed by atoms with E-state index in [2.05, 4.69) is 10.6 Å². The zero-order valence-electron chi connectivity index (χ0n) is 21.9. The first kappa shape index (κ1) is 26.7. The summed E-state index contributed by atoms with van der Waals surface area (Å²) >= 11 is 0. The summed E-state index contributed by atoms with van der Waals surface area (Å²) < 4.78 is 38.9. The van der Waals surface area contributed by atoms with E-state index in [1.54, 1.807) is 38.5 Å². The van der Waals surface area contributed by atoms with Crippen LogP contribution in [0.5, 0.6) is 11.5 Å². The molecule has 0 unspecified atom stereocenters. The van der Waals surface area contributed by atoms with Crippen LogP contribution in [0.4, 0.5) is 25.2 Å². The topological polar surface area (TPSA) is 97.7 Å². The Kier molecular flexibility index (Phi) is 7.63. The van der Waals surface area contributed by atoms with Gasteiger partial charge >= 0.3 is 6.03 Å². The molecule has 2 N–H and O–H groups in total. The molecule has 206 valence electrons.